The van der Waals surface area contributed by atoms with Crippen LogP contribution in [0.5, 0.6) is 11.5 Å². The van der Waals surface area contributed by atoms with Gasteiger partial charge in [-0.05, 0) is 22.0 Å². The zero-order valence-electron chi connectivity index (χ0n) is 8.34. The summed E-state index contributed by atoms with van der Waals surface area (Å²) in [5.74, 6) is 0.0957. The second-order valence-electron chi connectivity index (χ2n) is 3.52. The van der Waals surface area contributed by atoms with Crippen molar-refractivity contribution in [1.29, 1.82) is 0 Å². The number of aromatic amines is 1. The lowest BCUT2D eigenvalue weighted by Gasteiger charge is -2.06. The van der Waals surface area contributed by atoms with Crippen LogP contribution in [0.3, 0.4) is 0 Å². The van der Waals surface area contributed by atoms with E-state index in [0.717, 1.165) is 10.0 Å². The molecule has 1 N–H and O–H groups in total. The maximum Gasteiger partial charge on any atom is 0.586 e. The van der Waals surface area contributed by atoms with Gasteiger partial charge in [-0.1, -0.05) is 12.1 Å². The summed E-state index contributed by atoms with van der Waals surface area (Å²) in [4.78, 5) is 2.88. The first kappa shape index (κ1) is 10.6. The third-order valence-corrected chi connectivity index (χ3v) is 3.07. The highest BCUT2D eigenvalue weighted by atomic mass is 79.9. The molecule has 1 aliphatic heterocycles. The summed E-state index contributed by atoms with van der Waals surface area (Å²) in [6, 6.07) is 4.77. The topological polar surface area (TPSA) is 34.2 Å². The molecular weight excluding hydrogens is 296 g/mol. The molecule has 1 aliphatic rings. The number of H-pyrrole nitrogens is 1. The summed E-state index contributed by atoms with van der Waals surface area (Å²) < 4.78 is 35.7. The minimum Gasteiger partial charge on any atom is -0.395 e. The van der Waals surface area contributed by atoms with Gasteiger partial charge in [-0.15, -0.1) is 8.78 Å². The van der Waals surface area contributed by atoms with E-state index >= 15 is 0 Å². The van der Waals surface area contributed by atoms with E-state index in [-0.39, 0.29) is 11.5 Å². The number of benzene rings is 1. The second kappa shape index (κ2) is 3.46. The van der Waals surface area contributed by atoms with Crippen LogP contribution >= 0.6 is 15.9 Å². The molecular formula is C11H6BrF2NO2. The molecule has 3 nitrogen and oxygen atoms in total. The summed E-state index contributed by atoms with van der Waals surface area (Å²) in [6.45, 7) is 0. The van der Waals surface area contributed by atoms with Crippen LogP contribution in [0.25, 0.3) is 11.1 Å². The summed E-state index contributed by atoms with van der Waals surface area (Å²) >= 11 is 3.32. The number of hydrogen-bond acceptors (Lipinski definition) is 2. The molecule has 0 unspecified atom stereocenters. The van der Waals surface area contributed by atoms with Crippen molar-refractivity contribution < 1.29 is 18.3 Å². The molecule has 6 heteroatoms. The van der Waals surface area contributed by atoms with Crippen LogP contribution in [0, 0.1) is 0 Å². The van der Waals surface area contributed by atoms with Crippen molar-refractivity contribution in [3.05, 3.63) is 35.1 Å². The van der Waals surface area contributed by atoms with Crippen LogP contribution in [0.15, 0.2) is 35.1 Å². The lowest BCUT2D eigenvalue weighted by Crippen LogP contribution is -2.26. The van der Waals surface area contributed by atoms with E-state index in [4.69, 9.17) is 0 Å². The summed E-state index contributed by atoms with van der Waals surface area (Å²) in [7, 11) is 0. The largest absolute Gasteiger partial charge is 0.586 e. The molecule has 0 radical (unpaired) electrons. The van der Waals surface area contributed by atoms with Crippen LogP contribution in [0.2, 0.25) is 0 Å². The average molecular weight is 302 g/mol. The van der Waals surface area contributed by atoms with Gasteiger partial charge in [-0.25, -0.2) is 0 Å². The fourth-order valence-electron chi connectivity index (χ4n) is 1.73. The van der Waals surface area contributed by atoms with Gasteiger partial charge in [0.1, 0.15) is 0 Å². The standard InChI is InChI=1S/C11H6BrF2NO2/c12-8-5-15-4-7(8)6-2-1-3-9-10(6)17-11(13,14)16-9/h1-5,15H. The summed E-state index contributed by atoms with van der Waals surface area (Å²) in [6.07, 6.45) is -0.191. The number of nitrogens with one attached hydrogen (secondary N) is 1. The van der Waals surface area contributed by atoms with Crippen LogP contribution in [-0.4, -0.2) is 11.3 Å². The van der Waals surface area contributed by atoms with E-state index in [1.54, 1.807) is 24.5 Å². The first-order valence-electron chi connectivity index (χ1n) is 4.78. The molecule has 0 amide bonds. The Labute approximate surface area is 103 Å². The number of aromatic nitrogens is 1. The van der Waals surface area contributed by atoms with Crippen molar-refractivity contribution in [2.24, 2.45) is 0 Å². The van der Waals surface area contributed by atoms with Gasteiger partial charge in [0.05, 0.1) is 0 Å². The van der Waals surface area contributed by atoms with E-state index in [2.05, 4.69) is 30.4 Å². The maximum absolute atomic E-state index is 13.0. The summed E-state index contributed by atoms with van der Waals surface area (Å²) in [5.41, 5.74) is 1.29. The van der Waals surface area contributed by atoms with Crippen LogP contribution in [-0.2, 0) is 0 Å². The van der Waals surface area contributed by atoms with Crippen molar-refractivity contribution >= 4 is 15.9 Å². The third-order valence-electron chi connectivity index (χ3n) is 2.41. The highest BCUT2D eigenvalue weighted by Crippen LogP contribution is 2.48. The van der Waals surface area contributed by atoms with Gasteiger partial charge >= 0.3 is 6.29 Å². The normalized spacial score (nSPS) is 16.2. The maximum atomic E-state index is 13.0. The van der Waals surface area contributed by atoms with Gasteiger partial charge in [-0.2, -0.15) is 0 Å². The Morgan fingerprint density at radius 1 is 1.12 bits per heavy atom. The molecule has 2 heterocycles. The lowest BCUT2D eigenvalue weighted by molar-refractivity contribution is -0.286. The molecule has 0 atom stereocenters. The Morgan fingerprint density at radius 2 is 1.94 bits per heavy atom. The number of fused-ring (bicyclic) bond motifs is 1. The highest BCUT2D eigenvalue weighted by molar-refractivity contribution is 9.10. The molecule has 1 aromatic heterocycles. The zero-order valence-corrected chi connectivity index (χ0v) is 9.92. The van der Waals surface area contributed by atoms with Crippen LogP contribution in [0.1, 0.15) is 0 Å². The van der Waals surface area contributed by atoms with Gasteiger partial charge in [-0.3, -0.25) is 0 Å². The monoisotopic (exact) mass is 301 g/mol. The molecule has 0 saturated heterocycles. The minimum atomic E-state index is -3.60. The highest BCUT2D eigenvalue weighted by Gasteiger charge is 2.44. The van der Waals surface area contributed by atoms with Crippen LogP contribution in [0.4, 0.5) is 8.78 Å². The smallest absolute Gasteiger partial charge is 0.395 e. The fraction of sp³-hybridized carbons (Fsp3) is 0.0909. The molecule has 2 aromatic rings. The van der Waals surface area contributed by atoms with Crippen LogP contribution < -0.4 is 9.47 Å². The predicted octanol–water partition coefficient (Wildman–Crippen LogP) is 3.77. The van der Waals surface area contributed by atoms with E-state index in [9.17, 15) is 8.78 Å². The number of alkyl halides is 2. The second-order valence-corrected chi connectivity index (χ2v) is 4.37. The fourth-order valence-corrected chi connectivity index (χ4v) is 2.19. The number of halogens is 3. The molecule has 17 heavy (non-hydrogen) atoms. The zero-order chi connectivity index (χ0) is 12.0. The van der Waals surface area contributed by atoms with E-state index in [1.165, 1.54) is 6.07 Å². The Bertz CT molecular complexity index is 583. The van der Waals surface area contributed by atoms with Crippen molar-refractivity contribution in [2.75, 3.05) is 0 Å². The van der Waals surface area contributed by atoms with Gasteiger partial charge < -0.3 is 14.5 Å². The van der Waals surface area contributed by atoms with Gasteiger partial charge in [0.2, 0.25) is 0 Å². The molecule has 88 valence electrons. The molecule has 1 aromatic carbocycles. The molecule has 0 aliphatic carbocycles. The van der Waals surface area contributed by atoms with Crippen molar-refractivity contribution in [2.45, 2.75) is 6.29 Å². The third kappa shape index (κ3) is 1.68. The Morgan fingerprint density at radius 3 is 2.65 bits per heavy atom. The minimum absolute atomic E-state index is 0.0422. The van der Waals surface area contributed by atoms with Crippen molar-refractivity contribution in [1.82, 2.24) is 4.98 Å². The Kier molecular flexibility index (Phi) is 2.16. The Balaban J connectivity index is 2.16. The number of rotatable bonds is 1. The first-order valence-corrected chi connectivity index (χ1v) is 5.58. The van der Waals surface area contributed by atoms with E-state index in [0.29, 0.717) is 5.56 Å². The first-order chi connectivity index (χ1) is 8.07. The van der Waals surface area contributed by atoms with E-state index < -0.39 is 6.29 Å². The lowest BCUT2D eigenvalue weighted by atomic mass is 10.1. The SMILES string of the molecule is FC1(F)Oc2cccc(-c3c[nH]cc3Br)c2O1. The number of para-hydroxylation sites is 1. The van der Waals surface area contributed by atoms with E-state index in [1.807, 2.05) is 0 Å². The number of hydrogen-bond donors (Lipinski definition) is 1. The van der Waals surface area contributed by atoms with Gasteiger partial charge in [0.25, 0.3) is 0 Å². The average Bonchev–Trinajstić information content (AvgIpc) is 2.78. The van der Waals surface area contributed by atoms with Gasteiger partial charge in [0, 0.05) is 28.0 Å². The van der Waals surface area contributed by atoms with Gasteiger partial charge in [0.15, 0.2) is 11.5 Å². The molecule has 3 rings (SSSR count). The molecule has 0 bridgehead atoms. The Hall–Kier alpha value is -1.56. The predicted molar refractivity (Wildman–Crippen MR) is 60.1 cm³/mol. The summed E-state index contributed by atoms with van der Waals surface area (Å²) in [5, 5.41) is 0. The van der Waals surface area contributed by atoms with Crippen molar-refractivity contribution in [3.63, 3.8) is 0 Å². The van der Waals surface area contributed by atoms with Crippen molar-refractivity contribution in [3.8, 4) is 22.6 Å². The molecule has 0 spiro atoms. The quantitative estimate of drug-likeness (QED) is 0.870. The molecule has 0 saturated carbocycles. The number of ether oxygens (including phenoxy) is 2. The molecule has 0 fully saturated rings.